The second kappa shape index (κ2) is 5.27. The van der Waals surface area contributed by atoms with Gasteiger partial charge in [-0.05, 0) is 26.3 Å². The van der Waals surface area contributed by atoms with E-state index < -0.39 is 5.60 Å². The van der Waals surface area contributed by atoms with Crippen molar-refractivity contribution in [2.45, 2.75) is 38.9 Å². The molecule has 1 unspecified atom stereocenters. The molecule has 0 aromatic carbocycles. The molecule has 0 aliphatic heterocycles. The van der Waals surface area contributed by atoms with E-state index in [1.54, 1.807) is 18.5 Å². The molecule has 1 rings (SSSR count). The third-order valence-electron chi connectivity index (χ3n) is 2.54. The molecule has 1 heterocycles. The molecule has 0 bridgehead atoms. The minimum absolute atomic E-state index is 0.0876. The van der Waals surface area contributed by atoms with E-state index in [4.69, 9.17) is 10.5 Å². The third-order valence-corrected chi connectivity index (χ3v) is 2.54. The summed E-state index contributed by atoms with van der Waals surface area (Å²) in [6, 6.07) is 1.80. The van der Waals surface area contributed by atoms with Gasteiger partial charge in [0.25, 0.3) is 0 Å². The van der Waals surface area contributed by atoms with Crippen molar-refractivity contribution >= 4 is 0 Å². The largest absolute Gasteiger partial charge is 0.489 e. The second-order valence-corrected chi connectivity index (χ2v) is 4.17. The Morgan fingerprint density at radius 1 is 1.50 bits per heavy atom. The van der Waals surface area contributed by atoms with Gasteiger partial charge in [0, 0.05) is 18.3 Å². The van der Waals surface area contributed by atoms with Gasteiger partial charge in [0.15, 0.2) is 0 Å². The molecule has 0 radical (unpaired) electrons. The summed E-state index contributed by atoms with van der Waals surface area (Å²) in [7, 11) is 0. The van der Waals surface area contributed by atoms with Crippen LogP contribution in [0.3, 0.4) is 0 Å². The predicted molar refractivity (Wildman–Crippen MR) is 63.2 cm³/mol. The van der Waals surface area contributed by atoms with E-state index in [1.165, 1.54) is 0 Å². The van der Waals surface area contributed by atoms with Crippen LogP contribution in [0.4, 0.5) is 0 Å². The highest BCUT2D eigenvalue weighted by molar-refractivity contribution is 5.28. The molecule has 0 spiro atoms. The summed E-state index contributed by atoms with van der Waals surface area (Å²) in [5, 5.41) is 10.2. The number of aromatic nitrogens is 1. The van der Waals surface area contributed by atoms with Crippen LogP contribution in [-0.2, 0) is 5.60 Å². The van der Waals surface area contributed by atoms with Crippen LogP contribution in [0, 0.1) is 0 Å². The number of hydrogen-bond acceptors (Lipinski definition) is 4. The first-order chi connectivity index (χ1) is 7.51. The van der Waals surface area contributed by atoms with Gasteiger partial charge in [-0.15, -0.1) is 0 Å². The number of hydrogen-bond donors (Lipinski definition) is 2. The lowest BCUT2D eigenvalue weighted by molar-refractivity contribution is 0.0411. The molecule has 4 heteroatoms. The van der Waals surface area contributed by atoms with Gasteiger partial charge in [0.05, 0.1) is 12.3 Å². The monoisotopic (exact) mass is 224 g/mol. The number of pyridine rings is 1. The van der Waals surface area contributed by atoms with Crippen LogP contribution in [0.25, 0.3) is 0 Å². The van der Waals surface area contributed by atoms with E-state index in [0.29, 0.717) is 17.7 Å². The average molecular weight is 224 g/mol. The van der Waals surface area contributed by atoms with Crippen LogP contribution in [-0.4, -0.2) is 22.7 Å². The number of aliphatic hydroxyl groups is 1. The van der Waals surface area contributed by atoms with Gasteiger partial charge in [-0.25, -0.2) is 0 Å². The van der Waals surface area contributed by atoms with Crippen molar-refractivity contribution < 1.29 is 9.84 Å². The number of rotatable bonds is 5. The maximum absolute atomic E-state index is 10.2. The van der Waals surface area contributed by atoms with Gasteiger partial charge in [0.2, 0.25) is 0 Å². The first kappa shape index (κ1) is 12.9. The number of nitrogens with zero attached hydrogens (tertiary/aromatic N) is 1. The fraction of sp³-hybridized carbons (Fsp3) is 0.583. The second-order valence-electron chi connectivity index (χ2n) is 4.17. The van der Waals surface area contributed by atoms with Crippen molar-refractivity contribution in [3.8, 4) is 5.75 Å². The molecule has 1 atom stereocenters. The van der Waals surface area contributed by atoms with E-state index in [0.717, 1.165) is 0 Å². The van der Waals surface area contributed by atoms with Crippen LogP contribution in [0.5, 0.6) is 5.75 Å². The fourth-order valence-electron chi connectivity index (χ4n) is 1.48. The van der Waals surface area contributed by atoms with Crippen molar-refractivity contribution in [1.82, 2.24) is 4.98 Å². The topological polar surface area (TPSA) is 68.4 Å². The van der Waals surface area contributed by atoms with Crippen LogP contribution in [0.15, 0.2) is 18.5 Å². The molecule has 0 fully saturated rings. The van der Waals surface area contributed by atoms with E-state index in [1.807, 2.05) is 20.8 Å². The van der Waals surface area contributed by atoms with Gasteiger partial charge in [0.1, 0.15) is 11.4 Å². The van der Waals surface area contributed by atoms with E-state index in [2.05, 4.69) is 4.98 Å². The Balaban J connectivity index is 2.97. The number of nitrogens with two attached hydrogens (primary N) is 1. The zero-order valence-electron chi connectivity index (χ0n) is 10.1. The van der Waals surface area contributed by atoms with E-state index in [9.17, 15) is 5.11 Å². The maximum atomic E-state index is 10.2. The van der Waals surface area contributed by atoms with Gasteiger partial charge in [-0.2, -0.15) is 0 Å². The number of ether oxygens (including phenoxy) is 1. The molecular formula is C12H20N2O2. The molecule has 0 amide bonds. The first-order valence-corrected chi connectivity index (χ1v) is 5.56. The lowest BCUT2D eigenvalue weighted by Crippen LogP contribution is -2.34. The minimum Gasteiger partial charge on any atom is -0.489 e. The molecule has 1 aromatic rings. The van der Waals surface area contributed by atoms with Gasteiger partial charge in [-0.1, -0.05) is 6.92 Å². The van der Waals surface area contributed by atoms with Crippen molar-refractivity contribution in [2.24, 2.45) is 5.73 Å². The summed E-state index contributed by atoms with van der Waals surface area (Å²) >= 11 is 0. The molecule has 0 saturated carbocycles. The summed E-state index contributed by atoms with van der Waals surface area (Å²) in [5.74, 6) is 0.660. The quantitative estimate of drug-likeness (QED) is 0.793. The third kappa shape index (κ3) is 2.93. The Morgan fingerprint density at radius 2 is 2.19 bits per heavy atom. The highest BCUT2D eigenvalue weighted by atomic mass is 16.5. The fourth-order valence-corrected chi connectivity index (χ4v) is 1.48. The molecule has 0 aliphatic carbocycles. The zero-order valence-corrected chi connectivity index (χ0v) is 10.1. The average Bonchev–Trinajstić information content (AvgIpc) is 2.27. The molecule has 0 aliphatic rings. The van der Waals surface area contributed by atoms with Crippen LogP contribution >= 0.6 is 0 Å². The minimum atomic E-state index is -1.01. The molecule has 0 saturated heterocycles. The molecule has 1 aromatic heterocycles. The Bertz CT molecular complexity index is 336. The molecule has 4 nitrogen and oxygen atoms in total. The summed E-state index contributed by atoms with van der Waals surface area (Å²) in [6.45, 7) is 5.96. The normalized spacial score (nSPS) is 14.9. The molecular weight excluding hydrogens is 204 g/mol. The SMILES string of the molecule is CCC(O)(CN)c1cncc(OC(C)C)c1. The summed E-state index contributed by atoms with van der Waals surface area (Å²) in [6.07, 6.45) is 3.90. The smallest absolute Gasteiger partial charge is 0.138 e. The lowest BCUT2D eigenvalue weighted by Gasteiger charge is -2.25. The maximum Gasteiger partial charge on any atom is 0.138 e. The van der Waals surface area contributed by atoms with Crippen LogP contribution in [0.1, 0.15) is 32.8 Å². The Morgan fingerprint density at radius 3 is 2.69 bits per heavy atom. The van der Waals surface area contributed by atoms with Gasteiger partial charge >= 0.3 is 0 Å². The van der Waals surface area contributed by atoms with Gasteiger partial charge in [-0.3, -0.25) is 4.98 Å². The van der Waals surface area contributed by atoms with Crippen LogP contribution < -0.4 is 10.5 Å². The van der Waals surface area contributed by atoms with Crippen molar-refractivity contribution in [3.05, 3.63) is 24.0 Å². The summed E-state index contributed by atoms with van der Waals surface area (Å²) < 4.78 is 5.52. The lowest BCUT2D eigenvalue weighted by atomic mass is 9.93. The Labute approximate surface area is 96.5 Å². The summed E-state index contributed by atoms with van der Waals surface area (Å²) in [5.41, 5.74) is 5.28. The Kier molecular flexibility index (Phi) is 4.26. The molecule has 16 heavy (non-hydrogen) atoms. The van der Waals surface area contributed by atoms with Gasteiger partial charge < -0.3 is 15.6 Å². The highest BCUT2D eigenvalue weighted by Crippen LogP contribution is 2.26. The Hall–Kier alpha value is -1.13. The zero-order chi connectivity index (χ0) is 12.2. The summed E-state index contributed by atoms with van der Waals surface area (Å²) in [4.78, 5) is 4.06. The van der Waals surface area contributed by atoms with Crippen molar-refractivity contribution in [1.29, 1.82) is 0 Å². The van der Waals surface area contributed by atoms with Crippen LogP contribution in [0.2, 0.25) is 0 Å². The predicted octanol–water partition coefficient (Wildman–Crippen LogP) is 1.43. The molecule has 3 N–H and O–H groups in total. The molecule has 90 valence electrons. The standard InChI is InChI=1S/C12H20N2O2/c1-4-12(15,8-13)10-5-11(7-14-6-10)16-9(2)3/h5-7,9,15H,4,8,13H2,1-3H3. The first-order valence-electron chi connectivity index (χ1n) is 5.56. The van der Waals surface area contributed by atoms with Crippen molar-refractivity contribution in [2.75, 3.05) is 6.54 Å². The van der Waals surface area contributed by atoms with E-state index in [-0.39, 0.29) is 12.6 Å². The van der Waals surface area contributed by atoms with Crippen molar-refractivity contribution in [3.63, 3.8) is 0 Å². The highest BCUT2D eigenvalue weighted by Gasteiger charge is 2.26. The van der Waals surface area contributed by atoms with E-state index >= 15 is 0 Å².